The molecular weight excluding hydrogens is 342 g/mol. The maximum absolute atomic E-state index is 13.4. The molecule has 4 atom stereocenters. The number of quaternary nitrogens is 1. The van der Waals surface area contributed by atoms with Crippen molar-refractivity contribution in [1.29, 1.82) is 0 Å². The van der Waals surface area contributed by atoms with Crippen LogP contribution in [0.15, 0.2) is 54.6 Å². The van der Waals surface area contributed by atoms with Crippen LogP contribution in [0.2, 0.25) is 0 Å². The molecule has 3 amide bonds. The first-order valence-corrected chi connectivity index (χ1v) is 9.20. The molecular formula is C21H20N3O3+. The van der Waals surface area contributed by atoms with Crippen LogP contribution in [0.25, 0.3) is 0 Å². The molecule has 0 aliphatic carbocycles. The standard InChI is InChI=1S/C21H19N3O3/c1-12-16-17(19(26)24(18(16)25)11-13-7-3-2-4-8-13)21(23-12)14-9-5-6-10-15(14)22-20(21)27/h2-10,12,16-17,23H,11H2,1H3,(H,22,27)/p+1/t12-,16+,17+,21+/m1/s1. The lowest BCUT2D eigenvalue weighted by Gasteiger charge is -2.25. The SMILES string of the molecule is C[C@H]1[NH2+][C@]2(C(=O)Nc3ccccc32)[C@@H]2C(=O)N(Cc3ccccc3)C(=O)[C@H]21. The molecule has 0 aromatic heterocycles. The van der Waals surface area contributed by atoms with Crippen LogP contribution in [-0.4, -0.2) is 28.7 Å². The molecule has 5 rings (SSSR count). The summed E-state index contributed by atoms with van der Waals surface area (Å²) >= 11 is 0. The monoisotopic (exact) mass is 362 g/mol. The lowest BCUT2D eigenvalue weighted by molar-refractivity contribution is -0.730. The smallest absolute Gasteiger partial charge is 0.291 e. The number of benzene rings is 2. The average molecular weight is 362 g/mol. The molecule has 27 heavy (non-hydrogen) atoms. The summed E-state index contributed by atoms with van der Waals surface area (Å²) in [5.74, 6) is -1.79. The Hall–Kier alpha value is -2.99. The van der Waals surface area contributed by atoms with Gasteiger partial charge in [0.1, 0.15) is 11.8 Å². The highest BCUT2D eigenvalue weighted by Crippen LogP contribution is 2.48. The zero-order chi connectivity index (χ0) is 18.8. The van der Waals surface area contributed by atoms with Crippen molar-refractivity contribution in [3.8, 4) is 0 Å². The summed E-state index contributed by atoms with van der Waals surface area (Å²) in [7, 11) is 0. The molecule has 6 heteroatoms. The van der Waals surface area contributed by atoms with Crippen LogP contribution in [0, 0.1) is 11.8 Å². The zero-order valence-electron chi connectivity index (χ0n) is 14.9. The summed E-state index contributed by atoms with van der Waals surface area (Å²) in [5.41, 5.74) is 1.38. The van der Waals surface area contributed by atoms with E-state index in [4.69, 9.17) is 0 Å². The van der Waals surface area contributed by atoms with Gasteiger partial charge in [0, 0.05) is 5.56 Å². The molecule has 0 unspecified atom stereocenters. The van der Waals surface area contributed by atoms with Gasteiger partial charge in [-0.15, -0.1) is 0 Å². The predicted molar refractivity (Wildman–Crippen MR) is 97.1 cm³/mol. The molecule has 0 bridgehead atoms. The normalized spacial score (nSPS) is 31.4. The molecule has 0 radical (unpaired) electrons. The van der Waals surface area contributed by atoms with E-state index in [9.17, 15) is 14.4 Å². The van der Waals surface area contributed by atoms with E-state index >= 15 is 0 Å². The Labute approximate surface area is 156 Å². The Morgan fingerprint density at radius 2 is 1.70 bits per heavy atom. The summed E-state index contributed by atoms with van der Waals surface area (Å²) < 4.78 is 0. The van der Waals surface area contributed by atoms with E-state index in [-0.39, 0.29) is 30.3 Å². The maximum Gasteiger partial charge on any atom is 0.291 e. The van der Waals surface area contributed by atoms with Crippen LogP contribution in [0.5, 0.6) is 0 Å². The van der Waals surface area contributed by atoms with Crippen LogP contribution in [0.1, 0.15) is 18.1 Å². The van der Waals surface area contributed by atoms with Crippen LogP contribution < -0.4 is 10.6 Å². The highest BCUT2D eigenvalue weighted by molar-refractivity contribution is 6.13. The summed E-state index contributed by atoms with van der Waals surface area (Å²) in [6.07, 6.45) is 0. The van der Waals surface area contributed by atoms with Gasteiger partial charge in [0.05, 0.1) is 18.3 Å². The minimum absolute atomic E-state index is 0.149. The van der Waals surface area contributed by atoms with Gasteiger partial charge in [-0.1, -0.05) is 48.5 Å². The number of hydrogen-bond donors (Lipinski definition) is 2. The second-order valence-electron chi connectivity index (χ2n) is 7.65. The van der Waals surface area contributed by atoms with Gasteiger partial charge in [-0.25, -0.2) is 0 Å². The molecule has 0 saturated carbocycles. The van der Waals surface area contributed by atoms with E-state index in [0.717, 1.165) is 16.8 Å². The second-order valence-corrected chi connectivity index (χ2v) is 7.65. The molecule has 2 saturated heterocycles. The molecule has 3 aliphatic heterocycles. The number of para-hydroxylation sites is 1. The maximum atomic E-state index is 13.4. The Morgan fingerprint density at radius 1 is 1.00 bits per heavy atom. The largest absolute Gasteiger partial charge is 0.326 e. The molecule has 3 heterocycles. The lowest BCUT2D eigenvalue weighted by atomic mass is 9.76. The van der Waals surface area contributed by atoms with Crippen molar-refractivity contribution in [3.63, 3.8) is 0 Å². The number of nitrogens with zero attached hydrogens (tertiary/aromatic N) is 1. The van der Waals surface area contributed by atoms with Crippen LogP contribution in [-0.2, 0) is 26.5 Å². The second kappa shape index (κ2) is 5.50. The van der Waals surface area contributed by atoms with Crippen molar-refractivity contribution in [3.05, 3.63) is 65.7 Å². The fourth-order valence-electron chi connectivity index (χ4n) is 5.08. The zero-order valence-corrected chi connectivity index (χ0v) is 14.9. The molecule has 2 fully saturated rings. The number of nitrogens with one attached hydrogen (secondary N) is 1. The quantitative estimate of drug-likeness (QED) is 0.768. The lowest BCUT2D eigenvalue weighted by Crippen LogP contribution is -2.98. The van der Waals surface area contributed by atoms with Crippen molar-refractivity contribution < 1.29 is 19.7 Å². The topological polar surface area (TPSA) is 83.1 Å². The summed E-state index contributed by atoms with van der Waals surface area (Å²) in [6.45, 7) is 2.18. The highest BCUT2D eigenvalue weighted by Gasteiger charge is 2.73. The van der Waals surface area contributed by atoms with Crippen molar-refractivity contribution >= 4 is 23.4 Å². The summed E-state index contributed by atoms with van der Waals surface area (Å²) in [5, 5.41) is 4.83. The number of carbonyl (C=O) groups excluding carboxylic acids is 3. The van der Waals surface area contributed by atoms with Crippen molar-refractivity contribution in [2.75, 3.05) is 5.32 Å². The minimum atomic E-state index is -1.06. The predicted octanol–water partition coefficient (Wildman–Crippen LogP) is 0.601. The minimum Gasteiger partial charge on any atom is -0.326 e. The average Bonchev–Trinajstić information content (AvgIpc) is 3.23. The number of rotatable bonds is 2. The van der Waals surface area contributed by atoms with Gasteiger partial charge in [0.2, 0.25) is 17.4 Å². The van der Waals surface area contributed by atoms with Crippen molar-refractivity contribution in [2.45, 2.75) is 25.0 Å². The number of fused-ring (bicyclic) bond motifs is 4. The third kappa shape index (κ3) is 2.01. The fraction of sp³-hybridized carbons (Fsp3) is 0.286. The molecule has 2 aromatic rings. The van der Waals surface area contributed by atoms with Crippen molar-refractivity contribution in [1.82, 2.24) is 4.90 Å². The van der Waals surface area contributed by atoms with Gasteiger partial charge in [-0.3, -0.25) is 19.3 Å². The first kappa shape index (κ1) is 16.2. The molecule has 3 aliphatic rings. The van der Waals surface area contributed by atoms with Gasteiger partial charge >= 0.3 is 0 Å². The van der Waals surface area contributed by atoms with Gasteiger partial charge in [0.15, 0.2) is 0 Å². The summed E-state index contributed by atoms with van der Waals surface area (Å²) in [4.78, 5) is 40.9. The Kier molecular flexibility index (Phi) is 3.30. The Bertz CT molecular complexity index is 974. The molecule has 1 spiro atoms. The number of carbonyl (C=O) groups is 3. The van der Waals surface area contributed by atoms with E-state index in [1.54, 1.807) is 0 Å². The van der Waals surface area contributed by atoms with E-state index < -0.39 is 17.4 Å². The molecule has 136 valence electrons. The third-order valence-corrected chi connectivity index (χ3v) is 6.21. The number of hydrogen-bond acceptors (Lipinski definition) is 3. The van der Waals surface area contributed by atoms with E-state index in [1.807, 2.05) is 66.8 Å². The molecule has 3 N–H and O–H groups in total. The van der Waals surface area contributed by atoms with Gasteiger partial charge < -0.3 is 10.6 Å². The van der Waals surface area contributed by atoms with E-state index in [2.05, 4.69) is 5.32 Å². The van der Waals surface area contributed by atoms with Crippen LogP contribution >= 0.6 is 0 Å². The number of imide groups is 1. The van der Waals surface area contributed by atoms with Gasteiger partial charge in [0.25, 0.3) is 5.91 Å². The van der Waals surface area contributed by atoms with Gasteiger partial charge in [-0.2, -0.15) is 0 Å². The third-order valence-electron chi connectivity index (χ3n) is 6.21. The van der Waals surface area contributed by atoms with E-state index in [0.29, 0.717) is 0 Å². The fourth-order valence-corrected chi connectivity index (χ4v) is 5.08. The van der Waals surface area contributed by atoms with Crippen LogP contribution in [0.4, 0.5) is 5.69 Å². The first-order valence-electron chi connectivity index (χ1n) is 9.20. The van der Waals surface area contributed by atoms with Crippen LogP contribution in [0.3, 0.4) is 0 Å². The highest BCUT2D eigenvalue weighted by atomic mass is 16.2. The number of anilines is 1. The number of likely N-dealkylation sites (tertiary alicyclic amines) is 1. The molecule has 2 aromatic carbocycles. The van der Waals surface area contributed by atoms with E-state index in [1.165, 1.54) is 4.90 Å². The van der Waals surface area contributed by atoms with Gasteiger partial charge in [-0.05, 0) is 18.6 Å². The summed E-state index contributed by atoms with van der Waals surface area (Å²) in [6, 6.07) is 16.8. The van der Waals surface area contributed by atoms with Crippen molar-refractivity contribution in [2.24, 2.45) is 11.8 Å². The molecule has 6 nitrogen and oxygen atoms in total. The number of amides is 3. The first-order chi connectivity index (χ1) is 13.0. The Balaban J connectivity index is 1.59. The Morgan fingerprint density at radius 3 is 2.48 bits per heavy atom. The number of nitrogens with two attached hydrogens (primary N) is 1.